The third-order valence-electron chi connectivity index (χ3n) is 2.78. The van der Waals surface area contributed by atoms with Gasteiger partial charge in [-0.2, -0.15) is 0 Å². The van der Waals surface area contributed by atoms with Crippen LogP contribution in [0.3, 0.4) is 0 Å². The highest BCUT2D eigenvalue weighted by molar-refractivity contribution is 5.37. The van der Waals surface area contributed by atoms with Crippen molar-refractivity contribution in [1.82, 2.24) is 5.32 Å². The molecule has 0 spiro atoms. The molecule has 1 atom stereocenters. The van der Waals surface area contributed by atoms with Crippen molar-refractivity contribution in [3.05, 3.63) is 29.3 Å². The lowest BCUT2D eigenvalue weighted by molar-refractivity contribution is 0.335. The first-order valence-corrected chi connectivity index (χ1v) is 6.63. The highest BCUT2D eigenvalue weighted by atomic mass is 16.5. The largest absolute Gasteiger partial charge is 0.494 e. The summed E-state index contributed by atoms with van der Waals surface area (Å²) in [6.07, 6.45) is 2.20. The topological polar surface area (TPSA) is 21.3 Å². The Morgan fingerprint density at radius 1 is 1.29 bits per heavy atom. The molecule has 0 aliphatic carbocycles. The lowest BCUT2D eigenvalue weighted by Crippen LogP contribution is -2.28. The monoisotopic (exact) mass is 235 g/mol. The number of nitrogens with one attached hydrogen (secondary N) is 1. The molecule has 2 heteroatoms. The van der Waals surface area contributed by atoms with E-state index in [2.05, 4.69) is 44.3 Å². The Hall–Kier alpha value is -1.02. The second-order valence-corrected chi connectivity index (χ2v) is 4.60. The summed E-state index contributed by atoms with van der Waals surface area (Å²) in [5.74, 6) is 1.03. The smallest absolute Gasteiger partial charge is 0.122 e. The molecule has 0 aromatic heterocycles. The molecule has 0 fully saturated rings. The van der Waals surface area contributed by atoms with Gasteiger partial charge in [0.2, 0.25) is 0 Å². The van der Waals surface area contributed by atoms with Crippen LogP contribution in [0.1, 0.15) is 38.3 Å². The van der Waals surface area contributed by atoms with Gasteiger partial charge in [-0.3, -0.25) is 0 Å². The molecule has 1 rings (SSSR count). The second kappa shape index (κ2) is 7.33. The lowest BCUT2D eigenvalue weighted by atomic mass is 10.0. The van der Waals surface area contributed by atoms with Gasteiger partial charge in [0.1, 0.15) is 5.75 Å². The summed E-state index contributed by atoms with van der Waals surface area (Å²) in [5.41, 5.74) is 2.61. The van der Waals surface area contributed by atoms with Gasteiger partial charge in [-0.15, -0.1) is 0 Å². The predicted octanol–water partition coefficient (Wildman–Crippen LogP) is 3.32. The number of benzene rings is 1. The molecular formula is C15H25NO. The number of hydrogen-bond acceptors (Lipinski definition) is 2. The fourth-order valence-corrected chi connectivity index (χ4v) is 1.96. The Labute approximate surface area is 105 Å². The Balaban J connectivity index is 2.69. The van der Waals surface area contributed by atoms with Crippen molar-refractivity contribution in [2.24, 2.45) is 0 Å². The number of aryl methyl sites for hydroxylation is 1. The number of ether oxygens (including phenoxy) is 1. The zero-order chi connectivity index (χ0) is 12.7. The molecule has 2 nitrogen and oxygen atoms in total. The number of rotatable bonds is 7. The fourth-order valence-electron chi connectivity index (χ4n) is 1.96. The molecule has 0 aliphatic heterocycles. The van der Waals surface area contributed by atoms with Crippen molar-refractivity contribution in [2.45, 2.75) is 46.6 Å². The maximum atomic E-state index is 5.67. The van der Waals surface area contributed by atoms with Crippen molar-refractivity contribution < 1.29 is 4.74 Å². The zero-order valence-corrected chi connectivity index (χ0v) is 11.5. The zero-order valence-electron chi connectivity index (χ0n) is 11.5. The highest BCUT2D eigenvalue weighted by Gasteiger charge is 2.08. The molecule has 0 saturated heterocycles. The van der Waals surface area contributed by atoms with E-state index in [0.29, 0.717) is 6.04 Å². The van der Waals surface area contributed by atoms with Gasteiger partial charge in [0, 0.05) is 6.04 Å². The molecule has 17 heavy (non-hydrogen) atoms. The highest BCUT2D eigenvalue weighted by Crippen LogP contribution is 2.21. The van der Waals surface area contributed by atoms with E-state index in [4.69, 9.17) is 4.74 Å². The quantitative estimate of drug-likeness (QED) is 0.782. The van der Waals surface area contributed by atoms with Crippen LogP contribution in [0.2, 0.25) is 0 Å². The van der Waals surface area contributed by atoms with E-state index in [-0.39, 0.29) is 0 Å². The Morgan fingerprint density at radius 3 is 2.71 bits per heavy atom. The SMILES string of the molecule is CCCNC(C)Cc1cc(C)ccc1OCC. The predicted molar refractivity (Wildman–Crippen MR) is 73.8 cm³/mol. The van der Waals surface area contributed by atoms with Crippen LogP contribution in [-0.2, 0) is 6.42 Å². The molecule has 0 aliphatic rings. The van der Waals surface area contributed by atoms with Gasteiger partial charge in [-0.1, -0.05) is 24.6 Å². The van der Waals surface area contributed by atoms with Gasteiger partial charge < -0.3 is 10.1 Å². The average Bonchev–Trinajstić information content (AvgIpc) is 2.30. The summed E-state index contributed by atoms with van der Waals surface area (Å²) in [6.45, 7) is 10.4. The van der Waals surface area contributed by atoms with Crippen LogP contribution in [0.5, 0.6) is 5.75 Å². The minimum Gasteiger partial charge on any atom is -0.494 e. The molecule has 0 amide bonds. The molecule has 96 valence electrons. The third kappa shape index (κ3) is 4.78. The minimum absolute atomic E-state index is 0.496. The first kappa shape index (κ1) is 14.0. The fraction of sp³-hybridized carbons (Fsp3) is 0.600. The van der Waals surface area contributed by atoms with E-state index in [0.717, 1.165) is 25.3 Å². The molecule has 1 N–H and O–H groups in total. The van der Waals surface area contributed by atoms with Gasteiger partial charge in [0.05, 0.1) is 6.61 Å². The van der Waals surface area contributed by atoms with Gasteiger partial charge in [-0.25, -0.2) is 0 Å². The van der Waals surface area contributed by atoms with Crippen molar-refractivity contribution in [1.29, 1.82) is 0 Å². The summed E-state index contributed by atoms with van der Waals surface area (Å²) in [6, 6.07) is 6.92. The Bertz CT molecular complexity index is 336. The van der Waals surface area contributed by atoms with E-state index < -0.39 is 0 Å². The van der Waals surface area contributed by atoms with Crippen LogP contribution >= 0.6 is 0 Å². The van der Waals surface area contributed by atoms with Crippen LogP contribution in [0.15, 0.2) is 18.2 Å². The normalized spacial score (nSPS) is 12.5. The average molecular weight is 235 g/mol. The third-order valence-corrected chi connectivity index (χ3v) is 2.78. The first-order chi connectivity index (χ1) is 8.17. The number of hydrogen-bond donors (Lipinski definition) is 1. The van der Waals surface area contributed by atoms with E-state index in [9.17, 15) is 0 Å². The summed E-state index contributed by atoms with van der Waals surface area (Å²) < 4.78 is 5.67. The molecule has 1 aromatic carbocycles. The molecule has 1 unspecified atom stereocenters. The van der Waals surface area contributed by atoms with Gasteiger partial charge in [0.25, 0.3) is 0 Å². The molecule has 0 saturated carbocycles. The van der Waals surface area contributed by atoms with Crippen molar-refractivity contribution in [3.8, 4) is 5.75 Å². The van der Waals surface area contributed by atoms with Crippen LogP contribution in [0, 0.1) is 6.92 Å². The molecule has 0 heterocycles. The molecule has 0 bridgehead atoms. The maximum absolute atomic E-state index is 5.67. The molecule has 0 radical (unpaired) electrons. The standard InChI is InChI=1S/C15H25NO/c1-5-9-16-13(4)11-14-10-12(3)7-8-15(14)17-6-2/h7-8,10,13,16H,5-6,9,11H2,1-4H3. The summed E-state index contributed by atoms with van der Waals surface area (Å²) in [5, 5.41) is 3.51. The summed E-state index contributed by atoms with van der Waals surface area (Å²) in [7, 11) is 0. The molecular weight excluding hydrogens is 210 g/mol. The van der Waals surface area contributed by atoms with Crippen LogP contribution < -0.4 is 10.1 Å². The summed E-state index contributed by atoms with van der Waals surface area (Å²) in [4.78, 5) is 0. The van der Waals surface area contributed by atoms with Crippen LogP contribution in [0.4, 0.5) is 0 Å². The van der Waals surface area contributed by atoms with E-state index in [1.807, 2.05) is 6.92 Å². The van der Waals surface area contributed by atoms with Crippen LogP contribution in [0.25, 0.3) is 0 Å². The van der Waals surface area contributed by atoms with Gasteiger partial charge in [-0.05, 0) is 51.8 Å². The van der Waals surface area contributed by atoms with Gasteiger partial charge >= 0.3 is 0 Å². The first-order valence-electron chi connectivity index (χ1n) is 6.63. The van der Waals surface area contributed by atoms with E-state index in [1.165, 1.54) is 17.5 Å². The lowest BCUT2D eigenvalue weighted by Gasteiger charge is -2.16. The summed E-state index contributed by atoms with van der Waals surface area (Å²) >= 11 is 0. The van der Waals surface area contributed by atoms with E-state index in [1.54, 1.807) is 0 Å². The van der Waals surface area contributed by atoms with Crippen molar-refractivity contribution >= 4 is 0 Å². The Morgan fingerprint density at radius 2 is 2.06 bits per heavy atom. The minimum atomic E-state index is 0.496. The second-order valence-electron chi connectivity index (χ2n) is 4.60. The van der Waals surface area contributed by atoms with Crippen molar-refractivity contribution in [3.63, 3.8) is 0 Å². The maximum Gasteiger partial charge on any atom is 0.122 e. The van der Waals surface area contributed by atoms with Gasteiger partial charge in [0.15, 0.2) is 0 Å². The van der Waals surface area contributed by atoms with Crippen molar-refractivity contribution in [2.75, 3.05) is 13.2 Å². The van der Waals surface area contributed by atoms with E-state index >= 15 is 0 Å². The Kier molecular flexibility index (Phi) is 6.06. The molecule has 1 aromatic rings. The van der Waals surface area contributed by atoms with Crippen LogP contribution in [-0.4, -0.2) is 19.2 Å².